The summed E-state index contributed by atoms with van der Waals surface area (Å²) in [4.78, 5) is 25.9. The molecule has 3 rings (SSSR count). The standard InChI is InChI=1S/C15H17NO3/c1-19-12-5-2-10(3-6-12)15(18)16-8-11-4-7-14(17)13(11)9-16/h2-3,5-6,11,13H,4,7-9H2,1H3/t11-,13+/m1/s1. The Balaban J connectivity index is 1.72. The minimum absolute atomic E-state index is 0.0184. The molecule has 0 spiro atoms. The number of rotatable bonds is 2. The van der Waals surface area contributed by atoms with E-state index in [0.717, 1.165) is 18.7 Å². The average Bonchev–Trinajstić information content (AvgIpc) is 3.01. The predicted octanol–water partition coefficient (Wildman–Crippen LogP) is 1.75. The van der Waals surface area contributed by atoms with Gasteiger partial charge in [0.25, 0.3) is 5.91 Å². The van der Waals surface area contributed by atoms with Gasteiger partial charge in [-0.05, 0) is 36.6 Å². The van der Waals surface area contributed by atoms with Gasteiger partial charge in [0.2, 0.25) is 0 Å². The SMILES string of the molecule is COc1ccc(C(=O)N2C[C@H]3CCC(=O)[C@H]3C2)cc1. The Morgan fingerprint density at radius 1 is 1.26 bits per heavy atom. The van der Waals surface area contributed by atoms with Crippen LogP contribution < -0.4 is 4.74 Å². The summed E-state index contributed by atoms with van der Waals surface area (Å²) in [6.07, 6.45) is 1.63. The van der Waals surface area contributed by atoms with E-state index in [0.29, 0.717) is 30.2 Å². The van der Waals surface area contributed by atoms with Crippen LogP contribution in [0.1, 0.15) is 23.2 Å². The molecule has 1 heterocycles. The molecule has 2 atom stereocenters. The summed E-state index contributed by atoms with van der Waals surface area (Å²) >= 11 is 0. The number of amides is 1. The molecule has 2 fully saturated rings. The Hall–Kier alpha value is -1.84. The molecule has 1 aliphatic heterocycles. The first-order chi connectivity index (χ1) is 9.19. The van der Waals surface area contributed by atoms with E-state index in [9.17, 15) is 9.59 Å². The first-order valence-electron chi connectivity index (χ1n) is 6.65. The highest BCUT2D eigenvalue weighted by atomic mass is 16.5. The van der Waals surface area contributed by atoms with Gasteiger partial charge in [0.05, 0.1) is 7.11 Å². The quantitative estimate of drug-likeness (QED) is 0.813. The van der Waals surface area contributed by atoms with Gasteiger partial charge in [-0.3, -0.25) is 9.59 Å². The Labute approximate surface area is 112 Å². The molecule has 0 radical (unpaired) electrons. The van der Waals surface area contributed by atoms with E-state index in [4.69, 9.17) is 4.74 Å². The van der Waals surface area contributed by atoms with Crippen molar-refractivity contribution in [1.29, 1.82) is 0 Å². The van der Waals surface area contributed by atoms with Crippen molar-refractivity contribution in [3.8, 4) is 5.75 Å². The lowest BCUT2D eigenvalue weighted by atomic mass is 10.0. The molecule has 0 bridgehead atoms. The summed E-state index contributed by atoms with van der Waals surface area (Å²) in [5.41, 5.74) is 0.660. The molecule has 1 amide bonds. The Morgan fingerprint density at radius 2 is 2.00 bits per heavy atom. The number of fused-ring (bicyclic) bond motifs is 1. The van der Waals surface area contributed by atoms with E-state index < -0.39 is 0 Å². The number of carbonyl (C=O) groups is 2. The topological polar surface area (TPSA) is 46.6 Å². The molecular weight excluding hydrogens is 242 g/mol. The van der Waals surface area contributed by atoms with Gasteiger partial charge in [0, 0.05) is 31.0 Å². The molecule has 0 aromatic heterocycles. The number of Topliss-reactive ketones (excluding diaryl/α,β-unsaturated/α-hetero) is 1. The van der Waals surface area contributed by atoms with Crippen LogP contribution in [0.3, 0.4) is 0 Å². The summed E-state index contributed by atoms with van der Waals surface area (Å²) in [6.45, 7) is 1.32. The molecule has 100 valence electrons. The zero-order valence-corrected chi connectivity index (χ0v) is 11.0. The third kappa shape index (κ3) is 2.11. The van der Waals surface area contributed by atoms with Crippen LogP contribution in [0.5, 0.6) is 5.75 Å². The molecule has 1 aliphatic carbocycles. The molecule has 4 nitrogen and oxygen atoms in total. The Bertz CT molecular complexity index is 509. The highest BCUT2D eigenvalue weighted by Crippen LogP contribution is 2.35. The van der Waals surface area contributed by atoms with Crippen LogP contribution in [-0.2, 0) is 4.79 Å². The minimum Gasteiger partial charge on any atom is -0.497 e. The van der Waals surface area contributed by atoms with Gasteiger partial charge < -0.3 is 9.64 Å². The molecule has 0 unspecified atom stereocenters. The van der Waals surface area contributed by atoms with Gasteiger partial charge in [-0.25, -0.2) is 0 Å². The number of ether oxygens (including phenoxy) is 1. The third-order valence-electron chi connectivity index (χ3n) is 4.24. The van der Waals surface area contributed by atoms with Crippen LogP contribution >= 0.6 is 0 Å². The first-order valence-corrected chi connectivity index (χ1v) is 6.65. The van der Waals surface area contributed by atoms with Crippen LogP contribution in [-0.4, -0.2) is 36.8 Å². The lowest BCUT2D eigenvalue weighted by Crippen LogP contribution is -2.30. The van der Waals surface area contributed by atoms with Crippen molar-refractivity contribution in [2.75, 3.05) is 20.2 Å². The number of carbonyl (C=O) groups excluding carboxylic acids is 2. The van der Waals surface area contributed by atoms with E-state index in [1.165, 1.54) is 0 Å². The third-order valence-corrected chi connectivity index (χ3v) is 4.24. The van der Waals surface area contributed by atoms with Gasteiger partial charge in [-0.1, -0.05) is 0 Å². The van der Waals surface area contributed by atoms with Crippen molar-refractivity contribution in [1.82, 2.24) is 4.90 Å². The zero-order chi connectivity index (χ0) is 13.4. The van der Waals surface area contributed by atoms with E-state index in [2.05, 4.69) is 0 Å². The molecule has 0 N–H and O–H groups in total. The van der Waals surface area contributed by atoms with E-state index >= 15 is 0 Å². The van der Waals surface area contributed by atoms with E-state index in [-0.39, 0.29) is 11.8 Å². The van der Waals surface area contributed by atoms with Crippen LogP contribution in [0.4, 0.5) is 0 Å². The fraction of sp³-hybridized carbons (Fsp3) is 0.467. The summed E-state index contributed by atoms with van der Waals surface area (Å²) in [7, 11) is 1.60. The number of likely N-dealkylation sites (tertiary alicyclic amines) is 1. The van der Waals surface area contributed by atoms with Crippen LogP contribution in [0.15, 0.2) is 24.3 Å². The highest BCUT2D eigenvalue weighted by molar-refractivity contribution is 5.95. The molecule has 1 saturated carbocycles. The van der Waals surface area contributed by atoms with E-state index in [1.807, 2.05) is 4.90 Å². The van der Waals surface area contributed by atoms with Crippen molar-refractivity contribution < 1.29 is 14.3 Å². The number of ketones is 1. The lowest BCUT2D eigenvalue weighted by Gasteiger charge is -2.17. The second-order valence-electron chi connectivity index (χ2n) is 5.31. The number of nitrogens with zero attached hydrogens (tertiary/aromatic N) is 1. The highest BCUT2D eigenvalue weighted by Gasteiger charge is 2.43. The smallest absolute Gasteiger partial charge is 0.253 e. The number of hydrogen-bond acceptors (Lipinski definition) is 3. The normalized spacial score (nSPS) is 25.5. The first kappa shape index (κ1) is 12.2. The Kier molecular flexibility index (Phi) is 3.01. The average molecular weight is 259 g/mol. The molecule has 2 aliphatic rings. The maximum absolute atomic E-state index is 12.4. The molecule has 1 aromatic carbocycles. The maximum Gasteiger partial charge on any atom is 0.253 e. The summed E-state index contributed by atoms with van der Waals surface area (Å²) in [6, 6.07) is 7.12. The molecule has 19 heavy (non-hydrogen) atoms. The molecule has 1 saturated heterocycles. The van der Waals surface area contributed by atoms with Gasteiger partial charge in [0.1, 0.15) is 11.5 Å². The minimum atomic E-state index is 0.0184. The van der Waals surface area contributed by atoms with Gasteiger partial charge in [-0.15, -0.1) is 0 Å². The van der Waals surface area contributed by atoms with Gasteiger partial charge in [-0.2, -0.15) is 0 Å². The molecule has 4 heteroatoms. The predicted molar refractivity (Wildman–Crippen MR) is 70.1 cm³/mol. The van der Waals surface area contributed by atoms with Crippen molar-refractivity contribution >= 4 is 11.7 Å². The summed E-state index contributed by atoms with van der Waals surface area (Å²) in [5, 5.41) is 0. The molecular formula is C15H17NO3. The summed E-state index contributed by atoms with van der Waals surface area (Å²) in [5.74, 6) is 1.56. The lowest BCUT2D eigenvalue weighted by molar-refractivity contribution is -0.120. The second-order valence-corrected chi connectivity index (χ2v) is 5.31. The largest absolute Gasteiger partial charge is 0.497 e. The van der Waals surface area contributed by atoms with Crippen molar-refractivity contribution in [2.45, 2.75) is 12.8 Å². The van der Waals surface area contributed by atoms with Crippen LogP contribution in [0.25, 0.3) is 0 Å². The van der Waals surface area contributed by atoms with Crippen LogP contribution in [0, 0.1) is 11.8 Å². The van der Waals surface area contributed by atoms with Crippen LogP contribution in [0.2, 0.25) is 0 Å². The van der Waals surface area contributed by atoms with Crippen molar-refractivity contribution in [2.24, 2.45) is 11.8 Å². The number of hydrogen-bond donors (Lipinski definition) is 0. The van der Waals surface area contributed by atoms with Gasteiger partial charge >= 0.3 is 0 Å². The summed E-state index contributed by atoms with van der Waals surface area (Å²) < 4.78 is 5.08. The van der Waals surface area contributed by atoms with Crippen molar-refractivity contribution in [3.05, 3.63) is 29.8 Å². The Morgan fingerprint density at radius 3 is 2.63 bits per heavy atom. The molecule has 1 aromatic rings. The number of methoxy groups -OCH3 is 1. The second kappa shape index (κ2) is 4.68. The van der Waals surface area contributed by atoms with Gasteiger partial charge in [0.15, 0.2) is 0 Å². The van der Waals surface area contributed by atoms with E-state index in [1.54, 1.807) is 31.4 Å². The van der Waals surface area contributed by atoms with Crippen molar-refractivity contribution in [3.63, 3.8) is 0 Å². The fourth-order valence-electron chi connectivity index (χ4n) is 3.12. The zero-order valence-electron chi connectivity index (χ0n) is 11.0. The maximum atomic E-state index is 12.4. The number of benzene rings is 1. The monoisotopic (exact) mass is 259 g/mol. The fourth-order valence-corrected chi connectivity index (χ4v) is 3.12.